The number of allylic oxidation sites excluding steroid dienone is 2. The number of phenolic OH excluding ortho intramolecular Hbond substituents is 1. The second-order valence-electron chi connectivity index (χ2n) is 12.5. The Balaban J connectivity index is 1.45. The summed E-state index contributed by atoms with van der Waals surface area (Å²) in [4.78, 5) is 62.2. The summed E-state index contributed by atoms with van der Waals surface area (Å²) >= 11 is 17.5. The van der Waals surface area contributed by atoms with Crippen LogP contribution in [0, 0.1) is 57.0 Å². The van der Waals surface area contributed by atoms with Crippen LogP contribution in [0.25, 0.3) is 0 Å². The van der Waals surface area contributed by atoms with Crippen LogP contribution in [0.1, 0.15) is 24.3 Å². The van der Waals surface area contributed by atoms with Gasteiger partial charge in [-0.15, -0.1) is 23.2 Å². The van der Waals surface area contributed by atoms with Crippen molar-refractivity contribution in [3.05, 3.63) is 97.3 Å². The molecule has 3 aromatic rings. The molecule has 2 heterocycles. The smallest absolute Gasteiger partial charge is 0.271 e. The molecule has 3 aromatic carbocycles. The number of ether oxygens (including phenoxy) is 1. The van der Waals surface area contributed by atoms with E-state index in [-0.39, 0.29) is 38.4 Å². The summed E-state index contributed by atoms with van der Waals surface area (Å²) in [5.41, 5.74) is -2.70. The zero-order valence-corrected chi connectivity index (χ0v) is 29.0. The van der Waals surface area contributed by atoms with Crippen LogP contribution in [0.4, 0.5) is 39.0 Å². The van der Waals surface area contributed by atoms with E-state index >= 15 is 8.78 Å². The summed E-state index contributed by atoms with van der Waals surface area (Å²) in [6.45, 7) is 0. The lowest BCUT2D eigenvalue weighted by Gasteiger charge is -2.50. The molecule has 6 unspecified atom stereocenters. The highest BCUT2D eigenvalue weighted by molar-refractivity contribution is 9.10. The summed E-state index contributed by atoms with van der Waals surface area (Å²) in [6.07, 6.45) is 0.456. The Kier molecular flexibility index (Phi) is 8.23. The van der Waals surface area contributed by atoms with Gasteiger partial charge in [0.05, 0.1) is 29.6 Å². The average molecular weight is 831 g/mol. The van der Waals surface area contributed by atoms with E-state index in [0.717, 1.165) is 17.0 Å². The number of methoxy groups -OCH3 is 1. The molecule has 2 saturated heterocycles. The SMILES string of the molecule is COc1cc(Br)cc(C2C3=CCC4C(=O)N(c5cccc([N+](=O)[O-])c5)C(=O)C4C3CC3(Cl)C(=O)N(c4c(F)c(F)c(F)c(F)c4F)C(=O)C23Cl)c1O. The maximum atomic E-state index is 15.3. The molecule has 0 bridgehead atoms. The first-order valence-corrected chi connectivity index (χ1v) is 16.6. The molecule has 2 aliphatic carbocycles. The van der Waals surface area contributed by atoms with Crippen LogP contribution in [-0.4, -0.2) is 50.5 Å². The predicted octanol–water partition coefficient (Wildman–Crippen LogP) is 6.54. The van der Waals surface area contributed by atoms with Crippen molar-refractivity contribution >= 4 is 79.8 Å². The molecule has 11 nitrogen and oxygen atoms in total. The molecular formula is C33H19BrCl2F5N3O8. The minimum atomic E-state index is -2.88. The number of phenols is 1. The Hall–Kier alpha value is -4.61. The summed E-state index contributed by atoms with van der Waals surface area (Å²) < 4.78 is 79.0. The molecule has 3 fully saturated rings. The van der Waals surface area contributed by atoms with Crippen molar-refractivity contribution in [3.8, 4) is 11.5 Å². The summed E-state index contributed by atoms with van der Waals surface area (Å²) in [6, 6.07) is 7.27. The van der Waals surface area contributed by atoms with Gasteiger partial charge in [-0.05, 0) is 37.0 Å². The number of carbonyl (C=O) groups excluding carboxylic acids is 4. The minimum absolute atomic E-state index is 0.0745. The largest absolute Gasteiger partial charge is 0.504 e. The topological polar surface area (TPSA) is 147 Å². The van der Waals surface area contributed by atoms with Crippen LogP contribution >= 0.6 is 39.1 Å². The number of benzene rings is 3. The second-order valence-corrected chi connectivity index (χ2v) is 14.7. The fraction of sp³-hybridized carbons (Fsp3) is 0.273. The van der Waals surface area contributed by atoms with Crippen LogP contribution in [-0.2, 0) is 19.2 Å². The highest BCUT2D eigenvalue weighted by atomic mass is 79.9. The zero-order valence-electron chi connectivity index (χ0n) is 25.9. The number of hydrogen-bond acceptors (Lipinski definition) is 8. The number of imide groups is 2. The molecule has 7 rings (SSSR count). The van der Waals surface area contributed by atoms with Crippen molar-refractivity contribution in [2.75, 3.05) is 16.9 Å². The lowest BCUT2D eigenvalue weighted by molar-refractivity contribution is -0.384. The number of nitro groups is 1. The monoisotopic (exact) mass is 829 g/mol. The first kappa shape index (κ1) is 35.8. The Bertz CT molecular complexity index is 2220. The molecule has 0 aromatic heterocycles. The van der Waals surface area contributed by atoms with E-state index in [0.29, 0.717) is 0 Å². The summed E-state index contributed by atoms with van der Waals surface area (Å²) in [5.74, 6) is -24.1. The van der Waals surface area contributed by atoms with Crippen LogP contribution in [0.3, 0.4) is 0 Å². The highest BCUT2D eigenvalue weighted by Gasteiger charge is 2.77. The normalized spacial score (nSPS) is 28.1. The van der Waals surface area contributed by atoms with Crippen LogP contribution in [0.15, 0.2) is 52.5 Å². The van der Waals surface area contributed by atoms with Gasteiger partial charge >= 0.3 is 0 Å². The van der Waals surface area contributed by atoms with Crippen molar-refractivity contribution in [2.45, 2.75) is 28.5 Å². The van der Waals surface area contributed by atoms with Crippen LogP contribution < -0.4 is 14.5 Å². The van der Waals surface area contributed by atoms with E-state index in [1.165, 1.54) is 37.5 Å². The van der Waals surface area contributed by atoms with Gasteiger partial charge in [0, 0.05) is 28.1 Å². The fourth-order valence-electron chi connectivity index (χ4n) is 7.88. The number of carbonyl (C=O) groups is 4. The Morgan fingerprint density at radius 1 is 0.923 bits per heavy atom. The van der Waals surface area contributed by atoms with Crippen molar-refractivity contribution in [2.24, 2.45) is 17.8 Å². The van der Waals surface area contributed by atoms with Crippen LogP contribution in [0.2, 0.25) is 0 Å². The van der Waals surface area contributed by atoms with Crippen LogP contribution in [0.5, 0.6) is 11.5 Å². The molecule has 0 radical (unpaired) electrons. The lowest BCUT2D eigenvalue weighted by atomic mass is 9.56. The summed E-state index contributed by atoms with van der Waals surface area (Å²) in [5, 5.41) is 22.9. The third kappa shape index (κ3) is 4.54. The lowest BCUT2D eigenvalue weighted by Crippen LogP contribution is -2.60. The van der Waals surface area contributed by atoms with Gasteiger partial charge in [-0.25, -0.2) is 31.8 Å². The molecule has 4 amide bonds. The fourth-order valence-corrected chi connectivity index (χ4v) is 9.26. The number of aromatic hydroxyl groups is 1. The number of non-ortho nitro benzene ring substituents is 1. The molecule has 270 valence electrons. The maximum absolute atomic E-state index is 15.3. The van der Waals surface area contributed by atoms with Crippen molar-refractivity contribution < 1.29 is 55.9 Å². The molecule has 52 heavy (non-hydrogen) atoms. The Labute approximate surface area is 306 Å². The van der Waals surface area contributed by atoms with Crippen molar-refractivity contribution in [3.63, 3.8) is 0 Å². The van der Waals surface area contributed by atoms with Gasteiger partial charge in [0.2, 0.25) is 17.6 Å². The molecule has 0 spiro atoms. The number of nitrogens with zero attached hydrogens (tertiary/aromatic N) is 3. The summed E-state index contributed by atoms with van der Waals surface area (Å²) in [7, 11) is 1.18. The molecule has 19 heteroatoms. The van der Waals surface area contributed by atoms with Gasteiger partial charge in [-0.2, -0.15) is 0 Å². The van der Waals surface area contributed by atoms with E-state index in [1.54, 1.807) is 0 Å². The number of anilines is 2. The molecule has 6 atom stereocenters. The Morgan fingerprint density at radius 2 is 1.56 bits per heavy atom. The first-order valence-electron chi connectivity index (χ1n) is 15.1. The van der Waals surface area contributed by atoms with Gasteiger partial charge in [0.1, 0.15) is 5.69 Å². The molecule has 1 N–H and O–H groups in total. The van der Waals surface area contributed by atoms with E-state index in [1.807, 2.05) is 0 Å². The number of rotatable bonds is 5. The highest BCUT2D eigenvalue weighted by Crippen LogP contribution is 2.67. The van der Waals surface area contributed by atoms with Crippen molar-refractivity contribution in [1.82, 2.24) is 0 Å². The first-order chi connectivity index (χ1) is 24.4. The number of nitro benzene ring substituents is 1. The van der Waals surface area contributed by atoms with Gasteiger partial charge in [-0.1, -0.05) is 33.6 Å². The van der Waals surface area contributed by atoms with E-state index in [4.69, 9.17) is 27.9 Å². The van der Waals surface area contributed by atoms with Gasteiger partial charge in [0.25, 0.3) is 17.5 Å². The Morgan fingerprint density at radius 3 is 2.17 bits per heavy atom. The molecular weight excluding hydrogens is 812 g/mol. The van der Waals surface area contributed by atoms with Gasteiger partial charge in [-0.3, -0.25) is 29.3 Å². The standard InChI is InChI=1S/C33H19BrCl2F5N3O8/c1-52-18-8-11(34)7-16(27(18)45)20-14-5-6-15-19(29(47)42(28(15)46)12-3-2-4-13(9-12)44(50)51)17(14)10-32(35)30(48)43(31(49)33(20,32)36)26-24(40)22(38)21(37)23(39)25(26)41/h2-5,7-9,15,17,19-20,45H,6,10H2,1H3. The molecule has 4 aliphatic rings. The molecule has 2 aliphatic heterocycles. The minimum Gasteiger partial charge on any atom is -0.504 e. The number of hydrogen-bond donors (Lipinski definition) is 1. The van der Waals surface area contributed by atoms with E-state index in [2.05, 4.69) is 15.9 Å². The third-order valence-corrected chi connectivity index (χ3v) is 12.0. The third-order valence-electron chi connectivity index (χ3n) is 10.1. The maximum Gasteiger partial charge on any atom is 0.271 e. The molecule has 1 saturated carbocycles. The zero-order chi connectivity index (χ0) is 37.9. The number of alkyl halides is 2. The van der Waals surface area contributed by atoms with E-state index < -0.39 is 115 Å². The van der Waals surface area contributed by atoms with Gasteiger partial charge < -0.3 is 9.84 Å². The second kappa shape index (κ2) is 12.0. The quantitative estimate of drug-likeness (QED) is 0.0446. The van der Waals surface area contributed by atoms with Gasteiger partial charge in [0.15, 0.2) is 44.5 Å². The van der Waals surface area contributed by atoms with Crippen molar-refractivity contribution in [1.29, 1.82) is 0 Å². The number of halogens is 8. The predicted molar refractivity (Wildman–Crippen MR) is 174 cm³/mol. The number of fused-ring (bicyclic) bond motifs is 4. The average Bonchev–Trinajstić information content (AvgIpc) is 3.45. The van der Waals surface area contributed by atoms with E-state index in [9.17, 15) is 47.6 Å². The number of amides is 4.